The molecule has 0 atom stereocenters. The van der Waals surface area contributed by atoms with Crippen molar-refractivity contribution in [1.82, 2.24) is 10.2 Å². The highest BCUT2D eigenvalue weighted by Crippen LogP contribution is 2.32. The fourth-order valence-corrected chi connectivity index (χ4v) is 5.05. The summed E-state index contributed by atoms with van der Waals surface area (Å²) in [7, 11) is 0. The molecule has 2 amide bonds. The van der Waals surface area contributed by atoms with Crippen LogP contribution in [0.1, 0.15) is 36.0 Å². The first-order valence-corrected chi connectivity index (χ1v) is 11.6. The number of carbonyl (C=O) groups is 2. The molecule has 0 unspecified atom stereocenters. The van der Waals surface area contributed by atoms with Crippen LogP contribution in [-0.4, -0.2) is 53.9 Å². The quantitative estimate of drug-likeness (QED) is 0.566. The van der Waals surface area contributed by atoms with Gasteiger partial charge in [0.15, 0.2) is 0 Å². The van der Waals surface area contributed by atoms with Crippen molar-refractivity contribution in [3.8, 4) is 0 Å². The largest absolute Gasteiger partial charge is 0.366 e. The Morgan fingerprint density at radius 3 is 2.39 bits per heavy atom. The number of benzene rings is 1. The summed E-state index contributed by atoms with van der Waals surface area (Å²) in [5, 5.41) is 18.1. The summed E-state index contributed by atoms with van der Waals surface area (Å²) in [6.45, 7) is 2.57. The topological polar surface area (TPSA) is 95.8 Å². The summed E-state index contributed by atoms with van der Waals surface area (Å²) in [6, 6.07) is 8.68. The third-order valence-electron chi connectivity index (χ3n) is 6.19. The minimum atomic E-state index is -0.353. The van der Waals surface area contributed by atoms with Crippen molar-refractivity contribution < 1.29 is 14.5 Å². The maximum absolute atomic E-state index is 13.0. The number of likely N-dealkylation sites (tertiary alicyclic amines) is 1. The second-order valence-electron chi connectivity index (χ2n) is 8.09. The van der Waals surface area contributed by atoms with Crippen LogP contribution in [0.2, 0.25) is 0 Å². The monoisotopic (exact) mass is 442 g/mol. The lowest BCUT2D eigenvalue weighted by Gasteiger charge is -2.38. The summed E-state index contributed by atoms with van der Waals surface area (Å²) in [6.07, 6.45) is 2.91. The Balaban J connectivity index is 1.26. The molecule has 0 radical (unpaired) electrons. The Bertz CT molecular complexity index is 933. The lowest BCUT2D eigenvalue weighted by molar-refractivity contribution is -0.384. The van der Waals surface area contributed by atoms with Gasteiger partial charge in [0.05, 0.1) is 4.92 Å². The molecule has 31 heavy (non-hydrogen) atoms. The molecule has 2 aromatic rings. The smallest absolute Gasteiger partial charge is 0.292 e. The van der Waals surface area contributed by atoms with E-state index in [-0.39, 0.29) is 34.4 Å². The molecule has 1 N–H and O–H groups in total. The van der Waals surface area contributed by atoms with E-state index in [9.17, 15) is 19.7 Å². The maximum atomic E-state index is 13.0. The molecule has 0 bridgehead atoms. The van der Waals surface area contributed by atoms with Crippen LogP contribution in [0.5, 0.6) is 0 Å². The molecule has 0 saturated carbocycles. The zero-order valence-corrected chi connectivity index (χ0v) is 18.1. The molecule has 4 rings (SSSR count). The standard InChI is InChI=1S/C22H26N4O4S/c27-21(17-9-14-31-15-17)23-18-7-12-25(13-8-18)22(28)16-5-10-24(11-6-16)19-3-1-2-4-20(19)26(29)30/h1-4,9,14-16,18H,5-8,10-13H2,(H,23,27). The minimum absolute atomic E-state index is 0.0454. The number of nitro benzene ring substituents is 1. The fraction of sp³-hybridized carbons (Fsp3) is 0.455. The number of hydrogen-bond donors (Lipinski definition) is 1. The molecule has 2 saturated heterocycles. The molecule has 2 aliphatic heterocycles. The molecular weight excluding hydrogens is 416 g/mol. The molecule has 0 spiro atoms. The van der Waals surface area contributed by atoms with E-state index in [4.69, 9.17) is 0 Å². The lowest BCUT2D eigenvalue weighted by atomic mass is 9.93. The van der Waals surface area contributed by atoms with Crippen molar-refractivity contribution in [2.45, 2.75) is 31.7 Å². The van der Waals surface area contributed by atoms with Gasteiger partial charge in [-0.2, -0.15) is 11.3 Å². The molecule has 0 aliphatic carbocycles. The van der Waals surface area contributed by atoms with Crippen LogP contribution in [0.4, 0.5) is 11.4 Å². The van der Waals surface area contributed by atoms with Gasteiger partial charge in [-0.15, -0.1) is 0 Å². The maximum Gasteiger partial charge on any atom is 0.292 e. The first-order valence-electron chi connectivity index (χ1n) is 10.6. The highest BCUT2D eigenvalue weighted by Gasteiger charge is 2.32. The second-order valence-corrected chi connectivity index (χ2v) is 8.87. The van der Waals surface area contributed by atoms with Crippen molar-refractivity contribution in [2.24, 2.45) is 5.92 Å². The molecule has 3 heterocycles. The van der Waals surface area contributed by atoms with E-state index in [1.165, 1.54) is 17.4 Å². The molecule has 8 nitrogen and oxygen atoms in total. The van der Waals surface area contributed by atoms with E-state index in [0.717, 1.165) is 12.8 Å². The molecule has 2 fully saturated rings. The van der Waals surface area contributed by atoms with Gasteiger partial charge in [-0.05, 0) is 43.2 Å². The van der Waals surface area contributed by atoms with Crippen molar-refractivity contribution in [2.75, 3.05) is 31.1 Å². The minimum Gasteiger partial charge on any atom is -0.366 e. The Labute approximate surface area is 185 Å². The highest BCUT2D eigenvalue weighted by molar-refractivity contribution is 7.08. The number of amides is 2. The number of nitrogens with zero attached hydrogens (tertiary/aromatic N) is 3. The number of thiophene rings is 1. The van der Waals surface area contributed by atoms with Gasteiger partial charge in [0, 0.05) is 55.1 Å². The Hall–Kier alpha value is -2.94. The Kier molecular flexibility index (Phi) is 6.50. The summed E-state index contributed by atoms with van der Waals surface area (Å²) >= 11 is 1.50. The Morgan fingerprint density at radius 2 is 1.74 bits per heavy atom. The van der Waals surface area contributed by atoms with E-state index in [0.29, 0.717) is 50.3 Å². The van der Waals surface area contributed by atoms with Gasteiger partial charge in [0.2, 0.25) is 5.91 Å². The van der Waals surface area contributed by atoms with E-state index in [1.54, 1.807) is 18.2 Å². The zero-order valence-electron chi connectivity index (χ0n) is 17.2. The number of piperidine rings is 2. The van der Waals surface area contributed by atoms with Crippen molar-refractivity contribution in [1.29, 1.82) is 0 Å². The van der Waals surface area contributed by atoms with E-state index in [2.05, 4.69) is 5.32 Å². The number of hydrogen-bond acceptors (Lipinski definition) is 6. The van der Waals surface area contributed by atoms with Crippen LogP contribution in [0.25, 0.3) is 0 Å². The normalized spacial score (nSPS) is 18.1. The average Bonchev–Trinajstić information content (AvgIpc) is 3.34. The van der Waals surface area contributed by atoms with Crippen LogP contribution >= 0.6 is 11.3 Å². The van der Waals surface area contributed by atoms with Crippen LogP contribution < -0.4 is 10.2 Å². The van der Waals surface area contributed by atoms with Gasteiger partial charge in [-0.3, -0.25) is 19.7 Å². The van der Waals surface area contributed by atoms with Gasteiger partial charge < -0.3 is 15.1 Å². The van der Waals surface area contributed by atoms with Crippen LogP contribution in [0.3, 0.4) is 0 Å². The molecule has 2 aliphatic rings. The number of nitro groups is 1. The number of carbonyl (C=O) groups excluding carboxylic acids is 2. The predicted molar refractivity (Wildman–Crippen MR) is 119 cm³/mol. The van der Waals surface area contributed by atoms with Gasteiger partial charge in [0.25, 0.3) is 11.6 Å². The van der Waals surface area contributed by atoms with E-state index < -0.39 is 0 Å². The van der Waals surface area contributed by atoms with Crippen molar-refractivity contribution in [3.63, 3.8) is 0 Å². The second kappa shape index (κ2) is 9.47. The molecule has 164 valence electrons. The number of anilines is 1. The number of para-hydroxylation sites is 2. The molecule has 1 aromatic carbocycles. The SMILES string of the molecule is O=C(NC1CCN(C(=O)C2CCN(c3ccccc3[N+](=O)[O-])CC2)CC1)c1ccsc1. The zero-order chi connectivity index (χ0) is 21.8. The van der Waals surface area contributed by atoms with Crippen molar-refractivity contribution in [3.05, 3.63) is 56.8 Å². The van der Waals surface area contributed by atoms with Gasteiger partial charge in [-0.25, -0.2) is 0 Å². The number of nitrogens with one attached hydrogen (secondary N) is 1. The van der Waals surface area contributed by atoms with Gasteiger partial charge >= 0.3 is 0 Å². The van der Waals surface area contributed by atoms with E-state index in [1.807, 2.05) is 26.6 Å². The van der Waals surface area contributed by atoms with Crippen LogP contribution in [0.15, 0.2) is 41.1 Å². The van der Waals surface area contributed by atoms with E-state index >= 15 is 0 Å². The fourth-order valence-electron chi connectivity index (χ4n) is 4.42. The number of rotatable bonds is 5. The average molecular weight is 443 g/mol. The Morgan fingerprint density at radius 1 is 1.03 bits per heavy atom. The van der Waals surface area contributed by atoms with Crippen molar-refractivity contribution >= 4 is 34.5 Å². The predicted octanol–water partition coefficient (Wildman–Crippen LogP) is 3.29. The third kappa shape index (κ3) is 4.87. The lowest BCUT2D eigenvalue weighted by Crippen LogP contribution is -2.49. The molecule has 9 heteroatoms. The molecule has 1 aromatic heterocycles. The van der Waals surface area contributed by atoms with Gasteiger partial charge in [0.1, 0.15) is 5.69 Å². The van der Waals surface area contributed by atoms with Crippen LogP contribution in [0, 0.1) is 16.0 Å². The summed E-state index contributed by atoms with van der Waals surface area (Å²) < 4.78 is 0. The third-order valence-corrected chi connectivity index (χ3v) is 6.87. The summed E-state index contributed by atoms with van der Waals surface area (Å²) in [4.78, 5) is 40.1. The molecular formula is C22H26N4O4S. The first kappa shape index (κ1) is 21.3. The first-order chi connectivity index (χ1) is 15.0. The highest BCUT2D eigenvalue weighted by atomic mass is 32.1. The van der Waals surface area contributed by atoms with Crippen LogP contribution in [-0.2, 0) is 4.79 Å². The van der Waals surface area contributed by atoms with Gasteiger partial charge in [-0.1, -0.05) is 12.1 Å². The summed E-state index contributed by atoms with van der Waals surface area (Å²) in [5.74, 6) is 0.0780. The summed E-state index contributed by atoms with van der Waals surface area (Å²) in [5.41, 5.74) is 1.42.